The molecule has 3 nitrogen and oxygen atoms in total. The van der Waals surface area contributed by atoms with Crippen LogP contribution in [-0.4, -0.2) is 43.9 Å². The molecule has 3 aromatic rings. The Morgan fingerprint density at radius 1 is 0.944 bits per heavy atom. The smallest absolute Gasteiger partial charge is 0.123 e. The molecule has 0 spiro atoms. The van der Waals surface area contributed by atoms with Crippen LogP contribution >= 0.6 is 0 Å². The summed E-state index contributed by atoms with van der Waals surface area (Å²) in [7, 11) is 1.72. The number of hydrogen-bond acceptors (Lipinski definition) is 3. The number of methoxy groups -OCH3 is 1. The average Bonchev–Trinajstić information content (AvgIpc) is 2.94. The van der Waals surface area contributed by atoms with Gasteiger partial charge in [0, 0.05) is 35.5 Å². The molecule has 0 saturated carbocycles. The van der Waals surface area contributed by atoms with E-state index < -0.39 is 5.41 Å². The third-order valence-corrected chi connectivity index (χ3v) is 8.45. The van der Waals surface area contributed by atoms with Crippen molar-refractivity contribution in [1.82, 2.24) is 10.2 Å². The zero-order valence-corrected chi connectivity index (χ0v) is 21.8. The fraction of sp³-hybridized carbons (Fsp3) is 0.438. The summed E-state index contributed by atoms with van der Waals surface area (Å²) in [5, 5.41) is 4.00. The Balaban J connectivity index is 1.48. The SMILES string of the molecule is COc1ccc(C(C)(C)CF)cc1CN[C@H]1C2CCN(CC2)[C@H]1C(c1ccccc1)c1ccccc1. The summed E-state index contributed by atoms with van der Waals surface area (Å²) < 4.78 is 19.5. The maximum atomic E-state index is 13.8. The third-order valence-electron chi connectivity index (χ3n) is 8.45. The second kappa shape index (κ2) is 10.7. The Bertz CT molecular complexity index is 1090. The van der Waals surface area contributed by atoms with Crippen LogP contribution < -0.4 is 10.1 Å². The molecule has 190 valence electrons. The number of alkyl halides is 1. The van der Waals surface area contributed by atoms with Crippen molar-refractivity contribution in [2.45, 2.75) is 56.7 Å². The molecule has 0 amide bonds. The molecule has 2 atom stereocenters. The number of nitrogens with zero attached hydrogens (tertiary/aromatic N) is 1. The Morgan fingerprint density at radius 2 is 1.56 bits per heavy atom. The van der Waals surface area contributed by atoms with Crippen molar-refractivity contribution in [1.29, 1.82) is 0 Å². The minimum atomic E-state index is -0.509. The largest absolute Gasteiger partial charge is 0.496 e. The van der Waals surface area contributed by atoms with Crippen LogP contribution in [0, 0.1) is 5.92 Å². The van der Waals surface area contributed by atoms with Crippen molar-refractivity contribution in [3.63, 3.8) is 0 Å². The zero-order chi connectivity index (χ0) is 25.1. The maximum Gasteiger partial charge on any atom is 0.123 e. The molecular weight excluding hydrogens is 447 g/mol. The first-order valence-corrected chi connectivity index (χ1v) is 13.3. The third kappa shape index (κ3) is 4.94. The van der Waals surface area contributed by atoms with Crippen LogP contribution in [0.2, 0.25) is 0 Å². The second-order valence-corrected chi connectivity index (χ2v) is 11.1. The molecule has 0 aliphatic carbocycles. The van der Waals surface area contributed by atoms with Gasteiger partial charge in [-0.3, -0.25) is 9.29 Å². The molecule has 3 aliphatic rings. The lowest BCUT2D eigenvalue weighted by molar-refractivity contribution is 0.00462. The van der Waals surface area contributed by atoms with Gasteiger partial charge < -0.3 is 10.1 Å². The van der Waals surface area contributed by atoms with Gasteiger partial charge in [0.05, 0.1) is 13.8 Å². The van der Waals surface area contributed by atoms with Crippen molar-refractivity contribution in [3.05, 3.63) is 101 Å². The normalized spacial score (nSPS) is 23.7. The van der Waals surface area contributed by atoms with Crippen LogP contribution in [0.15, 0.2) is 78.9 Å². The molecule has 3 heterocycles. The summed E-state index contributed by atoms with van der Waals surface area (Å²) in [6.07, 6.45) is 2.47. The van der Waals surface area contributed by atoms with Gasteiger partial charge in [0.1, 0.15) is 5.75 Å². The number of nitrogens with one attached hydrogen (secondary N) is 1. The molecule has 36 heavy (non-hydrogen) atoms. The van der Waals surface area contributed by atoms with E-state index in [0.29, 0.717) is 30.5 Å². The lowest BCUT2D eigenvalue weighted by atomic mass is 9.70. The molecule has 0 radical (unpaired) electrons. The summed E-state index contributed by atoms with van der Waals surface area (Å²) in [5.41, 5.74) is 4.35. The molecule has 0 aromatic heterocycles. The standard InChI is InChI=1S/C32H39FN2O/c1-32(2,22-33)27-14-15-28(36-3)26(20-27)21-34-30-25-16-18-35(19-17-25)31(30)29(23-10-6-4-7-11-23)24-12-8-5-9-13-24/h4-15,20,25,29-31,34H,16-19,21-22H2,1-3H3/t30-,31-/m0/s1. The number of hydrogen-bond donors (Lipinski definition) is 1. The van der Waals surface area contributed by atoms with E-state index in [9.17, 15) is 4.39 Å². The Labute approximate surface area is 215 Å². The van der Waals surface area contributed by atoms with Crippen LogP contribution in [0.5, 0.6) is 5.75 Å². The molecule has 3 fully saturated rings. The number of rotatable bonds is 9. The van der Waals surface area contributed by atoms with Crippen molar-refractivity contribution < 1.29 is 9.13 Å². The molecule has 4 heteroatoms. The second-order valence-electron chi connectivity index (χ2n) is 11.1. The fourth-order valence-electron chi connectivity index (χ4n) is 6.34. The van der Waals surface area contributed by atoms with E-state index in [4.69, 9.17) is 4.74 Å². The molecule has 2 bridgehead atoms. The van der Waals surface area contributed by atoms with Gasteiger partial charge in [0.15, 0.2) is 0 Å². The van der Waals surface area contributed by atoms with Crippen LogP contribution in [0.3, 0.4) is 0 Å². The monoisotopic (exact) mass is 486 g/mol. The van der Waals surface area contributed by atoms with E-state index >= 15 is 0 Å². The quantitative estimate of drug-likeness (QED) is 0.383. The highest BCUT2D eigenvalue weighted by Gasteiger charge is 2.46. The highest BCUT2D eigenvalue weighted by Crippen LogP contribution is 2.42. The molecule has 3 aliphatic heterocycles. The first-order chi connectivity index (χ1) is 17.5. The number of fused-ring (bicyclic) bond motifs is 3. The molecule has 6 rings (SSSR count). The van der Waals surface area contributed by atoms with Gasteiger partial charge in [0.2, 0.25) is 0 Å². The fourth-order valence-corrected chi connectivity index (χ4v) is 6.34. The van der Waals surface area contributed by atoms with Crippen LogP contribution in [0.1, 0.15) is 54.9 Å². The van der Waals surface area contributed by atoms with E-state index in [2.05, 4.69) is 76.9 Å². The lowest BCUT2D eigenvalue weighted by Crippen LogP contribution is -2.64. The van der Waals surface area contributed by atoms with Crippen molar-refractivity contribution in [2.75, 3.05) is 26.9 Å². The van der Waals surface area contributed by atoms with Gasteiger partial charge in [-0.1, -0.05) is 86.6 Å². The summed E-state index contributed by atoms with van der Waals surface area (Å²) in [6, 6.07) is 28.8. The number of halogens is 1. The van der Waals surface area contributed by atoms with Crippen LogP contribution in [0.4, 0.5) is 4.39 Å². The summed E-state index contributed by atoms with van der Waals surface area (Å²) in [6.45, 7) is 6.56. The molecule has 3 aromatic carbocycles. The van der Waals surface area contributed by atoms with E-state index in [1.165, 1.54) is 24.0 Å². The molecule has 3 saturated heterocycles. The lowest BCUT2D eigenvalue weighted by Gasteiger charge is -2.54. The first kappa shape index (κ1) is 25.0. The number of benzene rings is 3. The van der Waals surface area contributed by atoms with Crippen molar-refractivity contribution in [2.24, 2.45) is 5.92 Å². The summed E-state index contributed by atoms with van der Waals surface area (Å²) in [5.74, 6) is 1.81. The molecular formula is C32H39FN2O. The highest BCUT2D eigenvalue weighted by molar-refractivity contribution is 5.40. The predicted octanol–water partition coefficient (Wildman–Crippen LogP) is 6.33. The minimum Gasteiger partial charge on any atom is -0.496 e. The molecule has 1 N–H and O–H groups in total. The van der Waals surface area contributed by atoms with E-state index in [-0.39, 0.29) is 6.67 Å². The van der Waals surface area contributed by atoms with Gasteiger partial charge in [-0.25, -0.2) is 0 Å². The molecule has 0 unspecified atom stereocenters. The van der Waals surface area contributed by atoms with Crippen LogP contribution in [-0.2, 0) is 12.0 Å². The van der Waals surface area contributed by atoms with Crippen molar-refractivity contribution in [3.8, 4) is 5.75 Å². The Hall–Kier alpha value is -2.69. The van der Waals surface area contributed by atoms with Gasteiger partial charge in [-0.05, 0) is 54.6 Å². The maximum absolute atomic E-state index is 13.8. The number of piperidine rings is 3. The van der Waals surface area contributed by atoms with Gasteiger partial charge >= 0.3 is 0 Å². The van der Waals surface area contributed by atoms with E-state index in [1.807, 2.05) is 26.0 Å². The summed E-state index contributed by atoms with van der Waals surface area (Å²) in [4.78, 5) is 2.71. The Morgan fingerprint density at radius 3 is 2.11 bits per heavy atom. The van der Waals surface area contributed by atoms with Gasteiger partial charge in [-0.15, -0.1) is 0 Å². The van der Waals surface area contributed by atoms with Crippen LogP contribution in [0.25, 0.3) is 0 Å². The van der Waals surface area contributed by atoms with Gasteiger partial charge in [0.25, 0.3) is 0 Å². The van der Waals surface area contributed by atoms with E-state index in [0.717, 1.165) is 30.0 Å². The summed E-state index contributed by atoms with van der Waals surface area (Å²) >= 11 is 0. The number of ether oxygens (including phenoxy) is 1. The zero-order valence-electron chi connectivity index (χ0n) is 21.8. The predicted molar refractivity (Wildman–Crippen MR) is 145 cm³/mol. The topological polar surface area (TPSA) is 24.5 Å². The van der Waals surface area contributed by atoms with Crippen molar-refractivity contribution >= 4 is 0 Å². The van der Waals surface area contributed by atoms with Gasteiger partial charge in [-0.2, -0.15) is 0 Å². The first-order valence-electron chi connectivity index (χ1n) is 13.3. The Kier molecular flexibility index (Phi) is 7.45. The average molecular weight is 487 g/mol. The highest BCUT2D eigenvalue weighted by atomic mass is 19.1. The van der Waals surface area contributed by atoms with E-state index in [1.54, 1.807) is 7.11 Å². The minimum absolute atomic E-state index is 0.298.